The molecule has 1 aliphatic carbocycles. The Balaban J connectivity index is 1.50. The molecule has 180 valence electrons. The third kappa shape index (κ3) is 4.12. The lowest BCUT2D eigenvalue weighted by Gasteiger charge is -2.44. The Morgan fingerprint density at radius 3 is 2.50 bits per heavy atom. The van der Waals surface area contributed by atoms with Gasteiger partial charge in [0, 0.05) is 24.7 Å². The van der Waals surface area contributed by atoms with Crippen LogP contribution >= 0.6 is 0 Å². The van der Waals surface area contributed by atoms with E-state index in [1.54, 1.807) is 23.1 Å². The lowest BCUT2D eigenvalue weighted by Crippen LogP contribution is -2.64. The van der Waals surface area contributed by atoms with E-state index < -0.39 is 5.54 Å². The van der Waals surface area contributed by atoms with Crippen LogP contribution < -0.4 is 5.32 Å². The summed E-state index contributed by atoms with van der Waals surface area (Å²) in [5.41, 5.74) is 1.66. The number of amides is 2. The summed E-state index contributed by atoms with van der Waals surface area (Å²) in [5.74, 6) is 0.0708. The normalized spacial score (nSPS) is 21.9. The number of carbonyl (C=O) groups excluding carboxylic acids is 2. The monoisotopic (exact) mass is 465 g/mol. The molecule has 3 heterocycles. The SMILES string of the molecule is Cc1cc2c(cc3n2C[C@@](C)(C(=O)NC2CCCCCCC2)N(Cc2ccc(F)cc2)C3=O)o1. The van der Waals surface area contributed by atoms with Gasteiger partial charge in [-0.05, 0) is 44.4 Å². The van der Waals surface area contributed by atoms with Crippen molar-refractivity contribution in [2.45, 2.75) is 83.5 Å². The maximum atomic E-state index is 13.9. The molecule has 5 rings (SSSR count). The molecule has 1 aromatic carbocycles. The van der Waals surface area contributed by atoms with Crippen molar-refractivity contribution in [2.24, 2.45) is 0 Å². The average Bonchev–Trinajstić information content (AvgIpc) is 3.31. The Morgan fingerprint density at radius 2 is 1.79 bits per heavy atom. The van der Waals surface area contributed by atoms with Crippen molar-refractivity contribution >= 4 is 22.9 Å². The fraction of sp³-hybridized carbons (Fsp3) is 0.481. The zero-order valence-electron chi connectivity index (χ0n) is 19.9. The van der Waals surface area contributed by atoms with Crippen molar-refractivity contribution in [1.29, 1.82) is 0 Å². The first-order chi connectivity index (χ1) is 16.3. The minimum Gasteiger partial charge on any atom is -0.460 e. The summed E-state index contributed by atoms with van der Waals surface area (Å²) in [6, 6.07) is 9.89. The molecule has 34 heavy (non-hydrogen) atoms. The number of benzene rings is 1. The molecule has 3 aromatic rings. The van der Waals surface area contributed by atoms with Crippen LogP contribution in [0, 0.1) is 12.7 Å². The number of hydrogen-bond donors (Lipinski definition) is 1. The molecular formula is C27H32FN3O3. The van der Waals surface area contributed by atoms with Crippen molar-refractivity contribution < 1.29 is 18.4 Å². The molecule has 2 aromatic heterocycles. The Hall–Kier alpha value is -3.09. The van der Waals surface area contributed by atoms with Crippen LogP contribution in [0.15, 0.2) is 40.8 Å². The number of nitrogens with zero attached hydrogens (tertiary/aromatic N) is 2. The second-order valence-corrected chi connectivity index (χ2v) is 10.0. The third-order valence-corrected chi connectivity index (χ3v) is 7.42. The number of halogens is 1. The average molecular weight is 466 g/mol. The van der Waals surface area contributed by atoms with Crippen LogP contribution in [-0.2, 0) is 17.9 Å². The van der Waals surface area contributed by atoms with Crippen LogP contribution in [-0.4, -0.2) is 32.9 Å². The molecule has 0 radical (unpaired) electrons. The van der Waals surface area contributed by atoms with Gasteiger partial charge in [0.05, 0.1) is 12.1 Å². The van der Waals surface area contributed by atoms with E-state index in [0.29, 0.717) is 17.8 Å². The van der Waals surface area contributed by atoms with Crippen molar-refractivity contribution in [3.05, 3.63) is 59.2 Å². The first-order valence-electron chi connectivity index (χ1n) is 12.3. The summed E-state index contributed by atoms with van der Waals surface area (Å²) in [4.78, 5) is 29.3. The van der Waals surface area contributed by atoms with Gasteiger partial charge >= 0.3 is 0 Å². The first-order valence-corrected chi connectivity index (χ1v) is 12.3. The van der Waals surface area contributed by atoms with Gasteiger partial charge in [0.25, 0.3) is 5.91 Å². The number of furan rings is 1. The summed E-state index contributed by atoms with van der Waals surface area (Å²) in [6.45, 7) is 4.27. The van der Waals surface area contributed by atoms with E-state index in [0.717, 1.165) is 42.5 Å². The van der Waals surface area contributed by atoms with Crippen LogP contribution in [0.3, 0.4) is 0 Å². The van der Waals surface area contributed by atoms with Gasteiger partial charge in [-0.1, -0.05) is 44.2 Å². The number of rotatable bonds is 4. The van der Waals surface area contributed by atoms with Gasteiger partial charge < -0.3 is 19.2 Å². The molecule has 0 bridgehead atoms. The molecule has 0 unspecified atom stereocenters. The molecule has 0 saturated heterocycles. The Morgan fingerprint density at radius 1 is 1.12 bits per heavy atom. The van der Waals surface area contributed by atoms with Crippen molar-refractivity contribution in [2.75, 3.05) is 0 Å². The van der Waals surface area contributed by atoms with E-state index in [4.69, 9.17) is 4.42 Å². The number of aromatic nitrogens is 1. The van der Waals surface area contributed by atoms with E-state index >= 15 is 0 Å². The van der Waals surface area contributed by atoms with Crippen molar-refractivity contribution in [1.82, 2.24) is 14.8 Å². The maximum Gasteiger partial charge on any atom is 0.271 e. The van der Waals surface area contributed by atoms with Crippen LogP contribution in [0.1, 0.15) is 73.7 Å². The molecule has 1 aliphatic heterocycles. The lowest BCUT2D eigenvalue weighted by atomic mass is 9.91. The Bertz CT molecular complexity index is 1200. The van der Waals surface area contributed by atoms with E-state index in [1.807, 2.05) is 24.5 Å². The van der Waals surface area contributed by atoms with Crippen LogP contribution in [0.2, 0.25) is 0 Å². The van der Waals surface area contributed by atoms with Crippen LogP contribution in [0.25, 0.3) is 11.1 Å². The smallest absolute Gasteiger partial charge is 0.271 e. The molecular weight excluding hydrogens is 433 g/mol. The van der Waals surface area contributed by atoms with Gasteiger partial charge in [0.15, 0.2) is 5.58 Å². The summed E-state index contributed by atoms with van der Waals surface area (Å²) in [5, 5.41) is 3.29. The largest absolute Gasteiger partial charge is 0.460 e. The van der Waals surface area contributed by atoms with Gasteiger partial charge in [-0.15, -0.1) is 0 Å². The second kappa shape index (κ2) is 8.93. The van der Waals surface area contributed by atoms with Crippen LogP contribution in [0.4, 0.5) is 4.39 Å². The highest BCUT2D eigenvalue weighted by Crippen LogP contribution is 2.35. The fourth-order valence-corrected chi connectivity index (χ4v) is 5.42. The quantitative estimate of drug-likeness (QED) is 0.567. The number of aryl methyl sites for hydroxylation is 1. The molecule has 1 saturated carbocycles. The highest BCUT2D eigenvalue weighted by atomic mass is 19.1. The minimum absolute atomic E-state index is 0.120. The van der Waals surface area contributed by atoms with Crippen LogP contribution in [0.5, 0.6) is 0 Å². The van der Waals surface area contributed by atoms with Crippen molar-refractivity contribution in [3.8, 4) is 0 Å². The van der Waals surface area contributed by atoms with Gasteiger partial charge in [0.2, 0.25) is 5.91 Å². The molecule has 2 amide bonds. The number of hydrogen-bond acceptors (Lipinski definition) is 3. The van der Waals surface area contributed by atoms with Gasteiger partial charge in [-0.2, -0.15) is 0 Å². The molecule has 0 spiro atoms. The number of fused-ring (bicyclic) bond motifs is 3. The summed E-state index contributed by atoms with van der Waals surface area (Å²) >= 11 is 0. The summed E-state index contributed by atoms with van der Waals surface area (Å²) < 4.78 is 21.2. The van der Waals surface area contributed by atoms with Gasteiger partial charge in [0.1, 0.15) is 22.8 Å². The third-order valence-electron chi connectivity index (χ3n) is 7.42. The molecule has 7 heteroatoms. The molecule has 1 fully saturated rings. The highest BCUT2D eigenvalue weighted by molar-refractivity contribution is 6.03. The topological polar surface area (TPSA) is 67.5 Å². The number of nitrogens with one attached hydrogen (secondary N) is 1. The molecule has 1 atom stereocenters. The van der Waals surface area contributed by atoms with Crippen molar-refractivity contribution in [3.63, 3.8) is 0 Å². The number of carbonyl (C=O) groups is 2. The molecule has 2 aliphatic rings. The zero-order chi connectivity index (χ0) is 23.9. The highest BCUT2D eigenvalue weighted by Gasteiger charge is 2.48. The fourth-order valence-electron chi connectivity index (χ4n) is 5.42. The first kappa shape index (κ1) is 22.7. The van der Waals surface area contributed by atoms with E-state index in [9.17, 15) is 14.0 Å². The van der Waals surface area contributed by atoms with E-state index in [-0.39, 0.29) is 30.2 Å². The molecule has 1 N–H and O–H groups in total. The minimum atomic E-state index is -1.10. The molecule has 6 nitrogen and oxygen atoms in total. The Labute approximate surface area is 199 Å². The summed E-state index contributed by atoms with van der Waals surface area (Å²) in [7, 11) is 0. The lowest BCUT2D eigenvalue weighted by molar-refractivity contribution is -0.134. The van der Waals surface area contributed by atoms with Gasteiger partial charge in [-0.3, -0.25) is 9.59 Å². The predicted octanol–water partition coefficient (Wildman–Crippen LogP) is 5.33. The second-order valence-electron chi connectivity index (χ2n) is 10.0. The maximum absolute atomic E-state index is 13.9. The zero-order valence-corrected chi connectivity index (χ0v) is 19.9. The Kier molecular flexibility index (Phi) is 5.96. The summed E-state index contributed by atoms with van der Waals surface area (Å²) in [6.07, 6.45) is 7.80. The van der Waals surface area contributed by atoms with E-state index in [1.165, 1.54) is 31.4 Å². The predicted molar refractivity (Wildman–Crippen MR) is 128 cm³/mol. The standard InChI is InChI=1S/C27H32FN3O3/c1-18-14-22-24(34-18)15-23-25(32)31(16-19-10-12-20(28)13-11-19)27(2,17-30(22)23)26(33)29-21-8-6-4-3-5-7-9-21/h10-15,21H,3-9,16-17H2,1-2H3,(H,29,33)/t27-/m0/s1. The van der Waals surface area contributed by atoms with Gasteiger partial charge in [-0.25, -0.2) is 4.39 Å². The van der Waals surface area contributed by atoms with E-state index in [2.05, 4.69) is 5.32 Å².